The van der Waals surface area contributed by atoms with E-state index < -0.39 is 0 Å². The van der Waals surface area contributed by atoms with Crippen LogP contribution in [0.3, 0.4) is 0 Å². The van der Waals surface area contributed by atoms with Crippen molar-refractivity contribution in [3.8, 4) is 0 Å². The summed E-state index contributed by atoms with van der Waals surface area (Å²) in [5.74, 6) is -0.203. The normalized spacial score (nSPS) is 11.0. The van der Waals surface area contributed by atoms with Gasteiger partial charge in [0.15, 0.2) is 0 Å². The molecule has 126 valence electrons. The molecule has 3 rings (SSSR count). The van der Waals surface area contributed by atoms with E-state index >= 15 is 0 Å². The molecule has 0 aromatic carbocycles. The van der Waals surface area contributed by atoms with Gasteiger partial charge in [0.05, 0.1) is 11.4 Å². The van der Waals surface area contributed by atoms with Gasteiger partial charge in [-0.2, -0.15) is 15.3 Å². The molecule has 1 N–H and O–H groups in total. The minimum atomic E-state index is -0.203. The van der Waals surface area contributed by atoms with Crippen LogP contribution in [0.1, 0.15) is 33.1 Å². The highest BCUT2D eigenvalue weighted by atomic mass is 16.1. The van der Waals surface area contributed by atoms with Gasteiger partial charge in [-0.1, -0.05) is 0 Å². The lowest BCUT2D eigenvalue weighted by atomic mass is 10.2. The van der Waals surface area contributed by atoms with Crippen molar-refractivity contribution in [2.24, 2.45) is 7.05 Å². The van der Waals surface area contributed by atoms with E-state index in [-0.39, 0.29) is 5.91 Å². The minimum absolute atomic E-state index is 0.203. The number of amides is 1. The van der Waals surface area contributed by atoms with E-state index in [4.69, 9.17) is 0 Å². The van der Waals surface area contributed by atoms with Crippen molar-refractivity contribution >= 4 is 5.91 Å². The molecule has 8 heteroatoms. The third kappa shape index (κ3) is 3.37. The highest BCUT2D eigenvalue weighted by Crippen LogP contribution is 2.06. The van der Waals surface area contributed by atoms with E-state index in [0.717, 1.165) is 22.6 Å². The molecular formula is C16H21N7O. The van der Waals surface area contributed by atoms with E-state index in [9.17, 15) is 4.79 Å². The second kappa shape index (κ2) is 6.31. The van der Waals surface area contributed by atoms with Gasteiger partial charge in [-0.3, -0.25) is 14.2 Å². The molecule has 3 aromatic rings. The standard InChI is InChI=1S/C16H21N7O/c1-11-7-12(2)23(18-11)10-22-6-5-15(20-22)16(24)17-8-14-9-21(4)19-13(14)3/h5-7,9H,8,10H2,1-4H3,(H,17,24). The summed E-state index contributed by atoms with van der Waals surface area (Å²) in [6.07, 6.45) is 3.68. The molecule has 3 aromatic heterocycles. The van der Waals surface area contributed by atoms with Crippen molar-refractivity contribution in [3.63, 3.8) is 0 Å². The van der Waals surface area contributed by atoms with E-state index in [2.05, 4.69) is 20.6 Å². The zero-order valence-corrected chi connectivity index (χ0v) is 14.3. The topological polar surface area (TPSA) is 82.6 Å². The molecule has 8 nitrogen and oxygen atoms in total. The minimum Gasteiger partial charge on any atom is -0.346 e. The predicted octanol–water partition coefficient (Wildman–Crippen LogP) is 1.17. The molecule has 0 spiro atoms. The molecule has 0 aliphatic rings. The maximum absolute atomic E-state index is 12.2. The molecule has 0 aliphatic heterocycles. The van der Waals surface area contributed by atoms with Crippen LogP contribution in [0.15, 0.2) is 24.5 Å². The monoisotopic (exact) mass is 327 g/mol. The van der Waals surface area contributed by atoms with Crippen molar-refractivity contribution in [2.45, 2.75) is 34.0 Å². The van der Waals surface area contributed by atoms with Crippen LogP contribution in [-0.2, 0) is 20.3 Å². The first-order valence-corrected chi connectivity index (χ1v) is 7.74. The summed E-state index contributed by atoms with van der Waals surface area (Å²) in [4.78, 5) is 12.2. The van der Waals surface area contributed by atoms with Gasteiger partial charge < -0.3 is 5.32 Å². The summed E-state index contributed by atoms with van der Waals surface area (Å²) in [7, 11) is 1.86. The van der Waals surface area contributed by atoms with Gasteiger partial charge in [-0.05, 0) is 32.9 Å². The Balaban J connectivity index is 1.63. The number of nitrogens with zero attached hydrogens (tertiary/aromatic N) is 6. The highest BCUT2D eigenvalue weighted by molar-refractivity contribution is 5.92. The van der Waals surface area contributed by atoms with Gasteiger partial charge in [0.1, 0.15) is 12.4 Å². The molecule has 0 radical (unpaired) electrons. The molecule has 0 saturated carbocycles. The van der Waals surface area contributed by atoms with Crippen molar-refractivity contribution in [3.05, 3.63) is 52.9 Å². The Morgan fingerprint density at radius 2 is 2.00 bits per heavy atom. The molecule has 0 atom stereocenters. The molecule has 0 unspecified atom stereocenters. The zero-order valence-electron chi connectivity index (χ0n) is 14.3. The number of hydrogen-bond acceptors (Lipinski definition) is 4. The van der Waals surface area contributed by atoms with Crippen molar-refractivity contribution in [1.29, 1.82) is 0 Å². The van der Waals surface area contributed by atoms with Crippen LogP contribution in [0, 0.1) is 20.8 Å². The Labute approximate surface area is 140 Å². The largest absolute Gasteiger partial charge is 0.346 e. The van der Waals surface area contributed by atoms with Gasteiger partial charge in [0.2, 0.25) is 0 Å². The van der Waals surface area contributed by atoms with Crippen molar-refractivity contribution in [2.75, 3.05) is 0 Å². The van der Waals surface area contributed by atoms with E-state index in [1.807, 2.05) is 44.8 Å². The molecule has 3 heterocycles. The summed E-state index contributed by atoms with van der Waals surface area (Å²) in [5.41, 5.74) is 4.31. The lowest BCUT2D eigenvalue weighted by Crippen LogP contribution is -2.24. The van der Waals surface area contributed by atoms with E-state index in [1.54, 1.807) is 21.6 Å². The van der Waals surface area contributed by atoms with E-state index in [0.29, 0.717) is 18.9 Å². The Kier molecular flexibility index (Phi) is 4.20. The summed E-state index contributed by atoms with van der Waals surface area (Å²) in [6.45, 7) is 6.78. The van der Waals surface area contributed by atoms with Crippen LogP contribution in [-0.4, -0.2) is 35.2 Å². The number of hydrogen-bond donors (Lipinski definition) is 1. The fourth-order valence-corrected chi connectivity index (χ4v) is 2.61. The first-order chi connectivity index (χ1) is 11.4. The van der Waals surface area contributed by atoms with E-state index in [1.165, 1.54) is 0 Å². The fourth-order valence-electron chi connectivity index (χ4n) is 2.61. The zero-order chi connectivity index (χ0) is 17.3. The van der Waals surface area contributed by atoms with Gasteiger partial charge in [0, 0.05) is 37.2 Å². The molecule has 1 amide bonds. The summed E-state index contributed by atoms with van der Waals surface area (Å²) in [5, 5.41) is 15.8. The van der Waals surface area contributed by atoms with Crippen LogP contribution in [0.25, 0.3) is 0 Å². The van der Waals surface area contributed by atoms with Crippen LogP contribution in [0.5, 0.6) is 0 Å². The second-order valence-corrected chi connectivity index (χ2v) is 5.90. The first-order valence-electron chi connectivity index (χ1n) is 7.74. The summed E-state index contributed by atoms with van der Waals surface area (Å²) in [6, 6.07) is 3.71. The van der Waals surface area contributed by atoms with Crippen LogP contribution in [0.4, 0.5) is 0 Å². The van der Waals surface area contributed by atoms with Crippen LogP contribution < -0.4 is 5.32 Å². The predicted molar refractivity (Wildman–Crippen MR) is 88.4 cm³/mol. The van der Waals surface area contributed by atoms with Gasteiger partial charge in [-0.25, -0.2) is 4.68 Å². The molecule has 0 fully saturated rings. The fraction of sp³-hybridized carbons (Fsp3) is 0.375. The Bertz CT molecular complexity index is 871. The SMILES string of the molecule is Cc1cc(C)n(Cn2ccc(C(=O)NCc3cn(C)nc3C)n2)n1. The number of nitrogens with one attached hydrogen (secondary N) is 1. The first kappa shape index (κ1) is 16.0. The highest BCUT2D eigenvalue weighted by Gasteiger charge is 2.11. The average Bonchev–Trinajstić information content (AvgIpc) is 3.18. The third-order valence-corrected chi connectivity index (χ3v) is 3.81. The van der Waals surface area contributed by atoms with Crippen molar-refractivity contribution in [1.82, 2.24) is 34.7 Å². The lowest BCUT2D eigenvalue weighted by Gasteiger charge is -2.04. The number of rotatable bonds is 5. The van der Waals surface area contributed by atoms with Gasteiger partial charge in [0.25, 0.3) is 5.91 Å². The van der Waals surface area contributed by atoms with Crippen LogP contribution >= 0.6 is 0 Å². The Hall–Kier alpha value is -2.90. The number of aryl methyl sites for hydroxylation is 4. The molecule has 24 heavy (non-hydrogen) atoms. The molecule has 0 saturated heterocycles. The van der Waals surface area contributed by atoms with Gasteiger partial charge >= 0.3 is 0 Å². The smallest absolute Gasteiger partial charge is 0.272 e. The average molecular weight is 327 g/mol. The van der Waals surface area contributed by atoms with Crippen molar-refractivity contribution < 1.29 is 4.79 Å². The van der Waals surface area contributed by atoms with Crippen LogP contribution in [0.2, 0.25) is 0 Å². The summed E-state index contributed by atoms with van der Waals surface area (Å²) < 4.78 is 5.28. The lowest BCUT2D eigenvalue weighted by molar-refractivity contribution is 0.0945. The quantitative estimate of drug-likeness (QED) is 0.763. The molecule has 0 bridgehead atoms. The summed E-state index contributed by atoms with van der Waals surface area (Å²) >= 11 is 0. The van der Waals surface area contributed by atoms with Gasteiger partial charge in [-0.15, -0.1) is 0 Å². The number of carbonyl (C=O) groups excluding carboxylic acids is 1. The Morgan fingerprint density at radius 3 is 2.62 bits per heavy atom. The maximum atomic E-state index is 12.2. The number of carbonyl (C=O) groups is 1. The maximum Gasteiger partial charge on any atom is 0.272 e. The Morgan fingerprint density at radius 1 is 1.21 bits per heavy atom. The third-order valence-electron chi connectivity index (χ3n) is 3.81. The molecular weight excluding hydrogens is 306 g/mol. The number of aromatic nitrogens is 6. The second-order valence-electron chi connectivity index (χ2n) is 5.90. The molecule has 0 aliphatic carbocycles.